The van der Waals surface area contributed by atoms with Gasteiger partial charge < -0.3 is 29.2 Å². The number of nitrogens with two attached hydrogens (primary N) is 1. The minimum atomic E-state index is -1.20. The Bertz CT molecular complexity index is 3770. The number of carboxylic acids is 2. The standard InChI is InChI=1S/C30H24N4O4S.C23H19NO5.C7H7N3S/c35-29(36)28-26(38-18-37-21-8-2-1-3-9-21)16-15-23(31-28)20-14-13-19-7-6-11-24(22(19)17-20)33-34-30-32-25-10-4-5-12-27(25)39-30;25-20-8-4-5-15-9-10-16(13-18(15)20)19-11-12-21(22(24-19)23(26)27)29-14-28-17-6-2-1-3-7-17;8-10-7-9-5-3-1-2-4-6(5)11-7/h1-5,8-10,12-17H,6-7,11,18H2,(H,32,34)(H,35,36);1-3,6-7,9-13H,4-5,8,14H2,(H,26,27);1-4H,8H2,(H,9,10)/b33-24+;;. The van der Waals surface area contributed by atoms with Crippen molar-refractivity contribution in [1.29, 1.82) is 0 Å². The smallest absolute Gasteiger partial charge is 0.358 e. The molecule has 12 rings (SSSR count). The third kappa shape index (κ3) is 13.2. The van der Waals surface area contributed by atoms with Crippen LogP contribution in [0.25, 0.3) is 42.9 Å². The largest absolute Gasteiger partial charge is 0.476 e. The molecule has 6 N–H and O–H groups in total. The number of nitrogen functional groups attached to an aromatic ring is 1. The Kier molecular flexibility index (Phi) is 16.8. The summed E-state index contributed by atoms with van der Waals surface area (Å²) in [5.74, 6) is 4.46. The highest BCUT2D eigenvalue weighted by atomic mass is 32.1. The molecule has 2 aliphatic carbocycles. The second kappa shape index (κ2) is 25.1. The molecule has 0 fully saturated rings. The van der Waals surface area contributed by atoms with Gasteiger partial charge in [-0.2, -0.15) is 5.10 Å². The second-order valence-corrected chi connectivity index (χ2v) is 19.9. The monoisotopic (exact) mass is 1090 g/mol. The third-order valence-corrected chi connectivity index (χ3v) is 14.5. The van der Waals surface area contributed by atoms with E-state index in [0.29, 0.717) is 40.4 Å². The van der Waals surface area contributed by atoms with Crippen LogP contribution in [0.4, 0.5) is 10.3 Å². The molecule has 0 spiro atoms. The van der Waals surface area contributed by atoms with Crippen LogP contribution in [0.15, 0.2) is 175 Å². The summed E-state index contributed by atoms with van der Waals surface area (Å²) in [6.07, 6.45) is 5.07. The molecule has 17 nitrogen and oxygen atoms in total. The molecule has 0 radical (unpaired) electrons. The third-order valence-electron chi connectivity index (χ3n) is 12.6. The Balaban J connectivity index is 0.000000153. The van der Waals surface area contributed by atoms with Crippen LogP contribution in [0.1, 0.15) is 73.7 Å². The van der Waals surface area contributed by atoms with Gasteiger partial charge in [0.05, 0.1) is 37.5 Å². The van der Waals surface area contributed by atoms with E-state index in [1.54, 1.807) is 77.3 Å². The molecule has 0 atom stereocenters. The number of para-hydroxylation sites is 4. The maximum atomic E-state index is 12.2. The lowest BCUT2D eigenvalue weighted by molar-refractivity contribution is 0.0662. The molecule has 79 heavy (non-hydrogen) atoms. The number of hydrogen-bond acceptors (Lipinski definition) is 17. The molecule has 4 heterocycles. The number of carboxylic acid groups (broad SMARTS) is 2. The summed E-state index contributed by atoms with van der Waals surface area (Å²) in [6, 6.07) is 52.4. The number of ketones is 1. The van der Waals surface area contributed by atoms with Gasteiger partial charge in [-0.05, 0) is 128 Å². The van der Waals surface area contributed by atoms with Crippen LogP contribution in [0, 0.1) is 0 Å². The van der Waals surface area contributed by atoms with E-state index in [1.807, 2.05) is 109 Å². The van der Waals surface area contributed by atoms with Crippen LogP contribution in [0.2, 0.25) is 0 Å². The molecule has 0 aliphatic heterocycles. The zero-order valence-electron chi connectivity index (χ0n) is 42.2. The van der Waals surface area contributed by atoms with Gasteiger partial charge in [0, 0.05) is 28.7 Å². The number of aryl methyl sites for hydroxylation is 2. The number of Topliss-reactive ketones (excluding diaryl/α,β-unsaturated/α-hetero) is 1. The van der Waals surface area contributed by atoms with E-state index >= 15 is 0 Å². The Morgan fingerprint density at radius 1 is 0.532 bits per heavy atom. The summed E-state index contributed by atoms with van der Waals surface area (Å²) in [7, 11) is 0. The number of benzene rings is 6. The Labute approximate surface area is 461 Å². The Morgan fingerprint density at radius 3 is 1.54 bits per heavy atom. The number of pyridine rings is 2. The number of hydrazone groups is 1. The molecule has 19 heteroatoms. The van der Waals surface area contributed by atoms with E-state index in [9.17, 15) is 24.6 Å². The van der Waals surface area contributed by atoms with Crippen molar-refractivity contribution < 1.29 is 43.5 Å². The van der Waals surface area contributed by atoms with Gasteiger partial charge >= 0.3 is 11.9 Å². The molecule has 0 bridgehead atoms. The Morgan fingerprint density at radius 2 is 1.01 bits per heavy atom. The molecule has 0 saturated heterocycles. The fourth-order valence-corrected chi connectivity index (χ4v) is 10.4. The van der Waals surface area contributed by atoms with E-state index < -0.39 is 11.9 Å². The molecule has 0 unspecified atom stereocenters. The summed E-state index contributed by atoms with van der Waals surface area (Å²) in [4.78, 5) is 53.3. The lowest BCUT2D eigenvalue weighted by Crippen LogP contribution is -2.14. The number of carbonyl (C=O) groups excluding carboxylic acids is 1. The number of ether oxygens (including phenoxy) is 4. The average molecular weight is 1090 g/mol. The first-order valence-electron chi connectivity index (χ1n) is 25.1. The Hall–Kier alpha value is -9.56. The number of aromatic nitrogens is 4. The highest BCUT2D eigenvalue weighted by Gasteiger charge is 2.22. The molecule has 10 aromatic rings. The zero-order chi connectivity index (χ0) is 54.5. The summed E-state index contributed by atoms with van der Waals surface area (Å²) in [5, 5.41) is 25.6. The second-order valence-electron chi connectivity index (χ2n) is 17.8. The van der Waals surface area contributed by atoms with Crippen LogP contribution >= 0.6 is 22.7 Å². The van der Waals surface area contributed by atoms with Crippen molar-refractivity contribution in [3.8, 4) is 45.5 Å². The summed E-state index contributed by atoms with van der Waals surface area (Å²) in [6.45, 7) is -0.273. The lowest BCUT2D eigenvalue weighted by Gasteiger charge is -2.19. The minimum Gasteiger partial charge on any atom is -0.476 e. The fourth-order valence-electron chi connectivity index (χ4n) is 8.79. The number of thiazole rings is 2. The van der Waals surface area contributed by atoms with Gasteiger partial charge in [-0.25, -0.2) is 35.4 Å². The summed E-state index contributed by atoms with van der Waals surface area (Å²) < 4.78 is 24.3. The summed E-state index contributed by atoms with van der Waals surface area (Å²) >= 11 is 3.11. The normalized spacial score (nSPS) is 12.9. The lowest BCUT2D eigenvalue weighted by atomic mass is 9.88. The van der Waals surface area contributed by atoms with Crippen molar-refractivity contribution in [3.63, 3.8) is 0 Å². The number of aromatic carboxylic acids is 2. The van der Waals surface area contributed by atoms with Crippen molar-refractivity contribution in [1.82, 2.24) is 19.9 Å². The molecule has 0 amide bonds. The van der Waals surface area contributed by atoms with Crippen molar-refractivity contribution in [2.24, 2.45) is 10.9 Å². The maximum absolute atomic E-state index is 12.2. The van der Waals surface area contributed by atoms with Crippen LogP contribution in [0.5, 0.6) is 23.0 Å². The molecule has 4 aromatic heterocycles. The predicted molar refractivity (Wildman–Crippen MR) is 306 cm³/mol. The zero-order valence-corrected chi connectivity index (χ0v) is 43.8. The van der Waals surface area contributed by atoms with Gasteiger partial charge in [0.2, 0.25) is 18.7 Å². The van der Waals surface area contributed by atoms with Crippen LogP contribution in [0.3, 0.4) is 0 Å². The van der Waals surface area contributed by atoms with E-state index in [4.69, 9.17) is 29.9 Å². The SMILES string of the molecule is NNc1nc2ccccc2s1.O=C(O)c1nc(-c2ccc3c(c2)/C(=N/Nc2nc4ccccc4s2)CCC3)ccc1OCOc1ccccc1.O=C1CCCc2ccc(-c3ccc(OCOc4ccccc4)c(C(=O)O)n3)cc21. The molecule has 6 aromatic carbocycles. The van der Waals surface area contributed by atoms with Crippen LogP contribution < -0.4 is 35.6 Å². The minimum absolute atomic E-state index is 0.115. The number of hydrogen-bond donors (Lipinski definition) is 5. The first kappa shape index (κ1) is 52.9. The quantitative estimate of drug-likeness (QED) is 0.0364. The molecule has 2 aliphatic rings. The maximum Gasteiger partial charge on any atom is 0.358 e. The van der Waals surface area contributed by atoms with Crippen molar-refractivity contribution >= 4 is 76.8 Å². The van der Waals surface area contributed by atoms with Crippen molar-refractivity contribution in [3.05, 3.63) is 203 Å². The van der Waals surface area contributed by atoms with E-state index in [2.05, 4.69) is 36.9 Å². The van der Waals surface area contributed by atoms with Gasteiger partial charge in [0.15, 0.2) is 33.8 Å². The number of rotatable bonds is 15. The topological polar surface area (TPSA) is 243 Å². The molecular formula is C60H50N8O9S2. The van der Waals surface area contributed by atoms with Gasteiger partial charge in [-0.3, -0.25) is 15.6 Å². The van der Waals surface area contributed by atoms with E-state index in [1.165, 1.54) is 5.56 Å². The first-order valence-corrected chi connectivity index (χ1v) is 26.7. The van der Waals surface area contributed by atoms with Gasteiger partial charge in [-0.15, -0.1) is 0 Å². The predicted octanol–water partition coefficient (Wildman–Crippen LogP) is 12.6. The summed E-state index contributed by atoms with van der Waals surface area (Å²) in [5.41, 5.74) is 14.6. The van der Waals surface area contributed by atoms with E-state index in [0.717, 1.165) is 85.2 Å². The number of anilines is 2. The number of carbonyl (C=O) groups is 3. The fraction of sp³-hybridized carbons (Fsp3) is 0.133. The number of nitrogens with zero attached hydrogens (tertiary/aromatic N) is 5. The number of fused-ring (bicyclic) bond motifs is 4. The first-order chi connectivity index (χ1) is 38.6. The average Bonchev–Trinajstić information content (AvgIpc) is 4.13. The van der Waals surface area contributed by atoms with Gasteiger partial charge in [0.25, 0.3) is 0 Å². The van der Waals surface area contributed by atoms with Crippen molar-refractivity contribution in [2.75, 3.05) is 24.4 Å². The van der Waals surface area contributed by atoms with Crippen molar-refractivity contribution in [2.45, 2.75) is 38.5 Å². The number of nitrogens with one attached hydrogen (secondary N) is 2. The molecule has 0 saturated carbocycles. The van der Waals surface area contributed by atoms with Crippen LogP contribution in [-0.4, -0.2) is 67.2 Å². The number of hydrazine groups is 1. The van der Waals surface area contributed by atoms with Crippen LogP contribution in [-0.2, 0) is 12.8 Å². The highest BCUT2D eigenvalue weighted by molar-refractivity contribution is 7.22. The van der Waals surface area contributed by atoms with Gasteiger partial charge in [-0.1, -0.05) is 108 Å². The van der Waals surface area contributed by atoms with E-state index in [-0.39, 0.29) is 42.3 Å². The molecule has 396 valence electrons. The van der Waals surface area contributed by atoms with Gasteiger partial charge in [0.1, 0.15) is 11.5 Å². The molecular weight excluding hydrogens is 1040 g/mol. The highest BCUT2D eigenvalue weighted by Crippen LogP contribution is 2.33.